The highest BCUT2D eigenvalue weighted by atomic mass is 32.2. The van der Waals surface area contributed by atoms with Gasteiger partial charge in [-0.05, 0) is 42.7 Å². The van der Waals surface area contributed by atoms with Gasteiger partial charge in [-0.1, -0.05) is 36.9 Å². The molecule has 1 saturated heterocycles. The molecule has 2 aromatic heterocycles. The van der Waals surface area contributed by atoms with Gasteiger partial charge in [0.1, 0.15) is 29.3 Å². The highest BCUT2D eigenvalue weighted by Gasteiger charge is 2.33. The minimum Gasteiger partial charge on any atom is -0.457 e. The molecular formula is C25H25N5O3S. The van der Waals surface area contributed by atoms with Crippen molar-refractivity contribution in [1.29, 1.82) is 0 Å². The van der Waals surface area contributed by atoms with Crippen LogP contribution in [0.2, 0.25) is 0 Å². The van der Waals surface area contributed by atoms with Crippen LogP contribution in [0.1, 0.15) is 12.8 Å². The predicted octanol–water partition coefficient (Wildman–Crippen LogP) is 4.41. The highest BCUT2D eigenvalue weighted by Crippen LogP contribution is 2.35. The quantitative estimate of drug-likeness (QED) is 0.425. The van der Waals surface area contributed by atoms with Gasteiger partial charge in [0.15, 0.2) is 0 Å². The lowest BCUT2D eigenvalue weighted by Gasteiger charge is -2.22. The van der Waals surface area contributed by atoms with E-state index in [0.29, 0.717) is 24.6 Å². The first-order valence-electron chi connectivity index (χ1n) is 11.0. The Labute approximate surface area is 198 Å². The Hall–Kier alpha value is -3.69. The smallest absolute Gasteiger partial charge is 0.235 e. The number of ether oxygens (including phenoxy) is 1. The van der Waals surface area contributed by atoms with E-state index in [4.69, 9.17) is 10.5 Å². The van der Waals surface area contributed by atoms with Crippen molar-refractivity contribution in [2.24, 2.45) is 0 Å². The third-order valence-corrected chi connectivity index (χ3v) is 7.65. The van der Waals surface area contributed by atoms with Gasteiger partial charge >= 0.3 is 0 Å². The number of sulfonamides is 1. The maximum Gasteiger partial charge on any atom is 0.235 e. The van der Waals surface area contributed by atoms with Gasteiger partial charge in [0.25, 0.3) is 0 Å². The summed E-state index contributed by atoms with van der Waals surface area (Å²) in [6.45, 7) is 4.43. The monoisotopic (exact) mass is 475 g/mol. The molecule has 0 bridgehead atoms. The van der Waals surface area contributed by atoms with Crippen LogP contribution < -0.4 is 10.5 Å². The van der Waals surface area contributed by atoms with Crippen LogP contribution in [0.4, 0.5) is 5.82 Å². The Balaban J connectivity index is 1.49. The molecule has 2 aromatic carbocycles. The maximum atomic E-state index is 12.5. The minimum atomic E-state index is -3.49. The van der Waals surface area contributed by atoms with Gasteiger partial charge in [0, 0.05) is 36.3 Å². The van der Waals surface area contributed by atoms with Crippen molar-refractivity contribution in [3.63, 3.8) is 0 Å². The SMILES string of the molecule is C=CS(=O)(=O)N1CCC[C@@H]1Cn1cc(-c2ccc(Oc3ccccc3)cc2)c2c(N)ncnc21. The summed E-state index contributed by atoms with van der Waals surface area (Å²) in [5.74, 6) is 1.87. The summed E-state index contributed by atoms with van der Waals surface area (Å²) < 4.78 is 34.3. The highest BCUT2D eigenvalue weighted by molar-refractivity contribution is 7.92. The molecule has 1 aliphatic rings. The topological polar surface area (TPSA) is 103 Å². The molecule has 1 atom stereocenters. The van der Waals surface area contributed by atoms with E-state index in [2.05, 4.69) is 16.5 Å². The Kier molecular flexibility index (Phi) is 5.80. The molecular weight excluding hydrogens is 450 g/mol. The number of hydrogen-bond donors (Lipinski definition) is 1. The second-order valence-corrected chi connectivity index (χ2v) is 10.0. The number of benzene rings is 2. The summed E-state index contributed by atoms with van der Waals surface area (Å²) in [5.41, 5.74) is 8.76. The fourth-order valence-corrected chi connectivity index (χ4v) is 5.64. The van der Waals surface area contributed by atoms with Gasteiger partial charge in [0.05, 0.1) is 5.39 Å². The second-order valence-electron chi connectivity index (χ2n) is 8.21. The van der Waals surface area contributed by atoms with E-state index in [1.807, 2.05) is 65.4 Å². The summed E-state index contributed by atoms with van der Waals surface area (Å²) in [6.07, 6.45) is 4.99. The number of para-hydroxylation sites is 1. The van der Waals surface area contributed by atoms with E-state index in [1.165, 1.54) is 10.6 Å². The normalized spacial score (nSPS) is 16.6. The summed E-state index contributed by atoms with van der Waals surface area (Å²) in [4.78, 5) is 8.66. The van der Waals surface area contributed by atoms with E-state index in [-0.39, 0.29) is 6.04 Å². The maximum absolute atomic E-state index is 12.5. The average Bonchev–Trinajstić information content (AvgIpc) is 3.47. The molecule has 0 saturated carbocycles. The zero-order valence-electron chi connectivity index (χ0n) is 18.5. The Morgan fingerprint density at radius 3 is 2.56 bits per heavy atom. The fraction of sp³-hybridized carbons (Fsp3) is 0.200. The van der Waals surface area contributed by atoms with Crippen LogP contribution in [0.15, 0.2) is 79.1 Å². The van der Waals surface area contributed by atoms with Crippen molar-refractivity contribution in [2.45, 2.75) is 25.4 Å². The van der Waals surface area contributed by atoms with E-state index >= 15 is 0 Å². The number of nitrogens with zero attached hydrogens (tertiary/aromatic N) is 4. The largest absolute Gasteiger partial charge is 0.457 e. The van der Waals surface area contributed by atoms with Crippen molar-refractivity contribution >= 4 is 26.9 Å². The first kappa shape index (κ1) is 22.1. The zero-order valence-corrected chi connectivity index (χ0v) is 19.4. The van der Waals surface area contributed by atoms with E-state index in [1.54, 1.807) is 0 Å². The van der Waals surface area contributed by atoms with Gasteiger partial charge < -0.3 is 15.0 Å². The minimum absolute atomic E-state index is 0.177. The van der Waals surface area contributed by atoms with Gasteiger partial charge in [-0.2, -0.15) is 4.31 Å². The molecule has 0 spiro atoms. The summed E-state index contributed by atoms with van der Waals surface area (Å²) in [7, 11) is -3.49. The van der Waals surface area contributed by atoms with Gasteiger partial charge in [0.2, 0.25) is 10.0 Å². The second kappa shape index (κ2) is 8.92. The van der Waals surface area contributed by atoms with Crippen molar-refractivity contribution < 1.29 is 13.2 Å². The molecule has 4 aromatic rings. The Morgan fingerprint density at radius 2 is 1.82 bits per heavy atom. The first-order chi connectivity index (χ1) is 16.5. The number of fused-ring (bicyclic) bond motifs is 1. The molecule has 34 heavy (non-hydrogen) atoms. The molecule has 5 rings (SSSR count). The lowest BCUT2D eigenvalue weighted by molar-refractivity contribution is 0.359. The van der Waals surface area contributed by atoms with Crippen LogP contribution in [-0.2, 0) is 16.6 Å². The van der Waals surface area contributed by atoms with Crippen LogP contribution in [0.3, 0.4) is 0 Å². The van der Waals surface area contributed by atoms with Crippen molar-refractivity contribution in [3.8, 4) is 22.6 Å². The summed E-state index contributed by atoms with van der Waals surface area (Å²) in [6, 6.07) is 17.2. The van der Waals surface area contributed by atoms with Crippen LogP contribution in [0.5, 0.6) is 11.5 Å². The Bertz CT molecular complexity index is 1430. The van der Waals surface area contributed by atoms with Crippen molar-refractivity contribution in [3.05, 3.63) is 79.1 Å². The molecule has 1 aliphatic heterocycles. The van der Waals surface area contributed by atoms with E-state index in [9.17, 15) is 8.42 Å². The zero-order chi connectivity index (χ0) is 23.7. The molecule has 8 nitrogen and oxygen atoms in total. The molecule has 0 unspecified atom stereocenters. The number of hydrogen-bond acceptors (Lipinski definition) is 6. The molecule has 0 amide bonds. The number of nitrogen functional groups attached to an aromatic ring is 1. The standard InChI is InChI=1S/C25H25N5O3S/c1-2-34(31,32)30-14-6-7-19(30)15-29-16-22(23-24(26)27-17-28-25(23)29)18-10-12-21(13-11-18)33-20-8-4-3-5-9-20/h2-5,8-13,16-17,19H,1,6-7,14-15H2,(H2,26,27,28)/t19-/m1/s1. The molecule has 0 radical (unpaired) electrons. The Morgan fingerprint density at radius 1 is 1.09 bits per heavy atom. The third-order valence-electron chi connectivity index (χ3n) is 6.10. The molecule has 3 heterocycles. The van der Waals surface area contributed by atoms with Gasteiger partial charge in [-0.3, -0.25) is 0 Å². The number of rotatable bonds is 7. The lowest BCUT2D eigenvalue weighted by Crippen LogP contribution is -2.36. The van der Waals surface area contributed by atoms with Gasteiger partial charge in [-0.15, -0.1) is 0 Å². The average molecular weight is 476 g/mol. The number of anilines is 1. The van der Waals surface area contributed by atoms with E-state index < -0.39 is 10.0 Å². The number of nitrogens with two attached hydrogens (primary N) is 1. The molecule has 2 N–H and O–H groups in total. The summed E-state index contributed by atoms with van der Waals surface area (Å²) in [5, 5.41) is 1.76. The fourth-order valence-electron chi connectivity index (χ4n) is 4.48. The predicted molar refractivity (Wildman–Crippen MR) is 133 cm³/mol. The van der Waals surface area contributed by atoms with Crippen molar-refractivity contribution in [2.75, 3.05) is 12.3 Å². The molecule has 9 heteroatoms. The van der Waals surface area contributed by atoms with Crippen LogP contribution in [-0.4, -0.2) is 39.8 Å². The summed E-state index contributed by atoms with van der Waals surface area (Å²) >= 11 is 0. The lowest BCUT2D eigenvalue weighted by atomic mass is 10.1. The van der Waals surface area contributed by atoms with E-state index in [0.717, 1.165) is 46.3 Å². The molecule has 174 valence electrons. The first-order valence-corrected chi connectivity index (χ1v) is 12.5. The molecule has 1 fully saturated rings. The third kappa shape index (κ3) is 4.15. The number of aromatic nitrogens is 3. The van der Waals surface area contributed by atoms with Crippen LogP contribution >= 0.6 is 0 Å². The van der Waals surface area contributed by atoms with Crippen LogP contribution in [0, 0.1) is 0 Å². The van der Waals surface area contributed by atoms with Crippen LogP contribution in [0.25, 0.3) is 22.2 Å². The van der Waals surface area contributed by atoms with Gasteiger partial charge in [-0.25, -0.2) is 18.4 Å². The molecule has 0 aliphatic carbocycles. The van der Waals surface area contributed by atoms with Crippen molar-refractivity contribution in [1.82, 2.24) is 18.8 Å².